The average molecular weight is 397 g/mol. The molecule has 2 saturated heterocycles. The maximum Gasteiger partial charge on any atom is 0.325 e. The molecule has 29 heavy (non-hydrogen) atoms. The van der Waals surface area contributed by atoms with Crippen LogP contribution in [0.4, 0.5) is 0 Å². The van der Waals surface area contributed by atoms with Crippen LogP contribution in [-0.2, 0) is 17.8 Å². The third-order valence-corrected chi connectivity index (χ3v) is 6.24. The summed E-state index contributed by atoms with van der Waals surface area (Å²) in [6, 6.07) is 7.33. The van der Waals surface area contributed by atoms with E-state index in [4.69, 9.17) is 0 Å². The molecule has 2 aliphatic heterocycles. The summed E-state index contributed by atoms with van der Waals surface area (Å²) in [5.74, 6) is 0.245. The van der Waals surface area contributed by atoms with Crippen molar-refractivity contribution in [2.75, 3.05) is 26.2 Å². The molecule has 0 atom stereocenters. The number of aromatic nitrogens is 3. The van der Waals surface area contributed by atoms with Gasteiger partial charge in [-0.25, -0.2) is 4.79 Å². The highest BCUT2D eigenvalue weighted by atomic mass is 16.2. The largest absolute Gasteiger partial charge is 0.342 e. The topological polar surface area (TPSA) is 102 Å². The van der Waals surface area contributed by atoms with E-state index in [1.165, 1.54) is 6.07 Å². The Morgan fingerprint density at radius 1 is 1.07 bits per heavy atom. The van der Waals surface area contributed by atoms with Crippen LogP contribution in [0.1, 0.15) is 37.1 Å². The first-order chi connectivity index (χ1) is 14.0. The molecule has 0 aromatic carbocycles. The quantitative estimate of drug-likeness (QED) is 0.781. The molecule has 1 amide bonds. The molecule has 154 valence electrons. The molecule has 2 fully saturated rings. The van der Waals surface area contributed by atoms with E-state index in [0.717, 1.165) is 57.6 Å². The molecule has 0 saturated carbocycles. The number of pyridine rings is 1. The zero-order valence-corrected chi connectivity index (χ0v) is 16.5. The van der Waals surface area contributed by atoms with E-state index >= 15 is 0 Å². The molecule has 4 rings (SSSR count). The van der Waals surface area contributed by atoms with Gasteiger partial charge in [-0.15, -0.1) is 0 Å². The Balaban J connectivity index is 1.34. The lowest BCUT2D eigenvalue weighted by Gasteiger charge is -2.47. The van der Waals surface area contributed by atoms with Crippen molar-refractivity contribution in [1.82, 2.24) is 24.8 Å². The fraction of sp³-hybridized carbons (Fsp3) is 0.524. The number of nitrogens with one attached hydrogen (secondary N) is 2. The Labute approximate surface area is 169 Å². The van der Waals surface area contributed by atoms with Gasteiger partial charge in [0.05, 0.1) is 0 Å². The summed E-state index contributed by atoms with van der Waals surface area (Å²) in [5.41, 5.74) is 1.00. The first kappa shape index (κ1) is 19.6. The van der Waals surface area contributed by atoms with Gasteiger partial charge in [0.15, 0.2) is 0 Å². The van der Waals surface area contributed by atoms with Crippen LogP contribution in [0, 0.1) is 5.41 Å². The molecule has 8 heteroatoms. The average Bonchev–Trinajstić information content (AvgIpc) is 2.71. The van der Waals surface area contributed by atoms with E-state index in [9.17, 15) is 14.4 Å². The smallest absolute Gasteiger partial charge is 0.325 e. The molecule has 4 heterocycles. The molecular formula is C21H27N5O3. The van der Waals surface area contributed by atoms with Crippen molar-refractivity contribution in [2.24, 2.45) is 5.41 Å². The lowest BCUT2D eigenvalue weighted by atomic mass is 9.72. The highest BCUT2D eigenvalue weighted by Crippen LogP contribution is 2.40. The number of carbonyl (C=O) groups is 1. The minimum atomic E-state index is -0.463. The van der Waals surface area contributed by atoms with Gasteiger partial charge in [0.2, 0.25) is 5.91 Å². The van der Waals surface area contributed by atoms with Gasteiger partial charge in [-0.3, -0.25) is 24.5 Å². The van der Waals surface area contributed by atoms with E-state index in [-0.39, 0.29) is 16.9 Å². The fourth-order valence-electron chi connectivity index (χ4n) is 4.54. The van der Waals surface area contributed by atoms with Gasteiger partial charge in [-0.2, -0.15) is 0 Å². The van der Waals surface area contributed by atoms with Crippen molar-refractivity contribution >= 4 is 5.91 Å². The predicted octanol–water partition coefficient (Wildman–Crippen LogP) is 0.906. The molecule has 2 N–H and O–H groups in total. The number of likely N-dealkylation sites (tertiary alicyclic amines) is 2. The van der Waals surface area contributed by atoms with E-state index in [1.54, 1.807) is 6.20 Å². The number of aromatic amines is 2. The van der Waals surface area contributed by atoms with Crippen LogP contribution in [0.15, 0.2) is 40.1 Å². The summed E-state index contributed by atoms with van der Waals surface area (Å²) in [6.45, 7) is 3.90. The lowest BCUT2D eigenvalue weighted by Crippen LogP contribution is -2.51. The zero-order valence-electron chi connectivity index (χ0n) is 16.5. The summed E-state index contributed by atoms with van der Waals surface area (Å²) in [7, 11) is 0. The van der Waals surface area contributed by atoms with Gasteiger partial charge in [0.25, 0.3) is 5.56 Å². The Hall–Kier alpha value is -2.74. The molecule has 8 nitrogen and oxygen atoms in total. The standard InChI is InChI=1S/C21H27N5O3/c27-18-13-17(23-20(29)24-18)14-25-11-7-21(8-12-25)6-4-19(28)26(15-21)10-5-16-3-1-2-9-22-16/h1-3,9,13H,4-8,10-12,14-15H2,(H2,23,24,27,29). The summed E-state index contributed by atoms with van der Waals surface area (Å²) >= 11 is 0. The lowest BCUT2D eigenvalue weighted by molar-refractivity contribution is -0.139. The fourth-order valence-corrected chi connectivity index (χ4v) is 4.54. The predicted molar refractivity (Wildman–Crippen MR) is 108 cm³/mol. The molecule has 0 radical (unpaired) electrons. The highest BCUT2D eigenvalue weighted by molar-refractivity contribution is 5.77. The second-order valence-corrected chi connectivity index (χ2v) is 8.28. The number of rotatable bonds is 5. The van der Waals surface area contributed by atoms with Gasteiger partial charge >= 0.3 is 5.69 Å². The number of amides is 1. The number of hydrogen-bond donors (Lipinski definition) is 2. The molecule has 2 aromatic heterocycles. The molecule has 1 spiro atoms. The maximum atomic E-state index is 12.4. The molecule has 2 aliphatic rings. The number of hydrogen-bond acceptors (Lipinski definition) is 5. The van der Waals surface area contributed by atoms with Crippen LogP contribution in [0.2, 0.25) is 0 Å². The molecule has 2 aromatic rings. The van der Waals surface area contributed by atoms with Gasteiger partial charge in [0, 0.05) is 56.1 Å². The number of H-pyrrole nitrogens is 2. The first-order valence-electron chi connectivity index (χ1n) is 10.2. The summed E-state index contributed by atoms with van der Waals surface area (Å²) in [5, 5.41) is 0. The Kier molecular flexibility index (Phi) is 5.62. The summed E-state index contributed by atoms with van der Waals surface area (Å²) in [6.07, 6.45) is 6.18. The van der Waals surface area contributed by atoms with Crippen LogP contribution < -0.4 is 11.2 Å². The van der Waals surface area contributed by atoms with Gasteiger partial charge in [-0.05, 0) is 49.9 Å². The number of carbonyl (C=O) groups excluding carboxylic acids is 1. The van der Waals surface area contributed by atoms with Crippen molar-refractivity contribution in [3.8, 4) is 0 Å². The molecular weight excluding hydrogens is 370 g/mol. The molecule has 0 bridgehead atoms. The van der Waals surface area contributed by atoms with Crippen molar-refractivity contribution in [3.63, 3.8) is 0 Å². The Morgan fingerprint density at radius 3 is 2.62 bits per heavy atom. The maximum absolute atomic E-state index is 12.4. The van der Waals surface area contributed by atoms with E-state index in [0.29, 0.717) is 18.7 Å². The van der Waals surface area contributed by atoms with Gasteiger partial charge < -0.3 is 9.88 Å². The zero-order chi connectivity index (χ0) is 20.3. The van der Waals surface area contributed by atoms with Gasteiger partial charge in [-0.1, -0.05) is 6.07 Å². The third kappa shape index (κ3) is 4.82. The van der Waals surface area contributed by atoms with E-state index in [1.807, 2.05) is 23.1 Å². The van der Waals surface area contributed by atoms with E-state index < -0.39 is 5.69 Å². The normalized spacial score (nSPS) is 19.6. The minimum absolute atomic E-state index is 0.177. The number of nitrogens with zero attached hydrogens (tertiary/aromatic N) is 3. The van der Waals surface area contributed by atoms with Crippen LogP contribution in [0.5, 0.6) is 0 Å². The van der Waals surface area contributed by atoms with Crippen LogP contribution >= 0.6 is 0 Å². The second kappa shape index (κ2) is 8.32. The summed E-state index contributed by atoms with van der Waals surface area (Å²) in [4.78, 5) is 48.9. The van der Waals surface area contributed by atoms with Crippen molar-refractivity contribution in [1.29, 1.82) is 0 Å². The summed E-state index contributed by atoms with van der Waals surface area (Å²) < 4.78 is 0. The first-order valence-corrected chi connectivity index (χ1v) is 10.2. The monoisotopic (exact) mass is 397 g/mol. The van der Waals surface area contributed by atoms with Crippen molar-refractivity contribution in [2.45, 2.75) is 38.6 Å². The molecule has 0 unspecified atom stereocenters. The SMILES string of the molecule is O=C1CCC2(CCN(Cc3cc(=O)[nH]c(=O)[nH]3)CC2)CN1CCc1ccccn1. The Morgan fingerprint density at radius 2 is 1.90 bits per heavy atom. The van der Waals surface area contributed by atoms with Gasteiger partial charge in [0.1, 0.15) is 0 Å². The van der Waals surface area contributed by atoms with Crippen LogP contribution in [0.3, 0.4) is 0 Å². The van der Waals surface area contributed by atoms with Crippen molar-refractivity contribution < 1.29 is 4.79 Å². The second-order valence-electron chi connectivity index (χ2n) is 8.28. The third-order valence-electron chi connectivity index (χ3n) is 6.24. The molecule has 0 aliphatic carbocycles. The minimum Gasteiger partial charge on any atom is -0.342 e. The highest BCUT2D eigenvalue weighted by Gasteiger charge is 2.40. The Bertz CT molecular complexity index is 932. The van der Waals surface area contributed by atoms with Crippen molar-refractivity contribution in [3.05, 3.63) is 62.7 Å². The van der Waals surface area contributed by atoms with Crippen LogP contribution in [-0.4, -0.2) is 56.8 Å². The van der Waals surface area contributed by atoms with Crippen LogP contribution in [0.25, 0.3) is 0 Å². The number of piperidine rings is 2. The van der Waals surface area contributed by atoms with E-state index in [2.05, 4.69) is 19.9 Å².